The summed E-state index contributed by atoms with van der Waals surface area (Å²) in [6.45, 7) is 9.93. The van der Waals surface area contributed by atoms with Crippen molar-refractivity contribution in [1.29, 1.82) is 0 Å². The zero-order valence-corrected chi connectivity index (χ0v) is 9.63. The van der Waals surface area contributed by atoms with Gasteiger partial charge in [0.1, 0.15) is 0 Å². The Labute approximate surface area is 88.1 Å². The van der Waals surface area contributed by atoms with E-state index in [0.717, 1.165) is 17.9 Å². The molecule has 1 N–H and O–H groups in total. The molecule has 2 nitrogen and oxygen atoms in total. The zero-order valence-electron chi connectivity index (χ0n) is 9.63. The third-order valence-corrected chi connectivity index (χ3v) is 3.91. The van der Waals surface area contributed by atoms with Gasteiger partial charge in [-0.2, -0.15) is 0 Å². The fourth-order valence-corrected chi connectivity index (χ4v) is 3.28. The second-order valence-electron chi connectivity index (χ2n) is 5.20. The first kappa shape index (κ1) is 10.4. The molecule has 2 saturated heterocycles. The molecule has 0 saturated carbocycles. The molecular weight excluding hydrogens is 172 g/mol. The van der Waals surface area contributed by atoms with Crippen LogP contribution in [0.15, 0.2) is 0 Å². The second-order valence-corrected chi connectivity index (χ2v) is 5.20. The van der Waals surface area contributed by atoms with Crippen molar-refractivity contribution < 1.29 is 0 Å². The topological polar surface area (TPSA) is 15.3 Å². The molecule has 0 aliphatic carbocycles. The number of nitrogens with one attached hydrogen (secondary N) is 1. The summed E-state index contributed by atoms with van der Waals surface area (Å²) < 4.78 is 0. The molecule has 2 rings (SSSR count). The third-order valence-electron chi connectivity index (χ3n) is 3.91. The van der Waals surface area contributed by atoms with E-state index in [1.807, 2.05) is 0 Å². The van der Waals surface area contributed by atoms with Crippen LogP contribution < -0.4 is 5.32 Å². The van der Waals surface area contributed by atoms with Crippen molar-refractivity contribution in [3.05, 3.63) is 0 Å². The highest BCUT2D eigenvalue weighted by Crippen LogP contribution is 2.25. The normalized spacial score (nSPS) is 41.1. The Morgan fingerprint density at radius 3 is 2.07 bits per heavy atom. The first-order valence-corrected chi connectivity index (χ1v) is 6.24. The highest BCUT2D eigenvalue weighted by molar-refractivity contribution is 4.88. The van der Waals surface area contributed by atoms with Crippen LogP contribution in [0.25, 0.3) is 0 Å². The van der Waals surface area contributed by atoms with E-state index >= 15 is 0 Å². The van der Waals surface area contributed by atoms with Crippen LogP contribution in [0.5, 0.6) is 0 Å². The second kappa shape index (κ2) is 4.63. The molecule has 2 aliphatic heterocycles. The van der Waals surface area contributed by atoms with Crippen LogP contribution in [0.4, 0.5) is 0 Å². The van der Waals surface area contributed by atoms with E-state index in [1.165, 1.54) is 45.4 Å². The van der Waals surface area contributed by atoms with Crippen molar-refractivity contribution in [2.24, 2.45) is 11.8 Å². The summed E-state index contributed by atoms with van der Waals surface area (Å²) in [6.07, 6.45) is 4.29. The Hall–Kier alpha value is -0.0800. The fourth-order valence-electron chi connectivity index (χ4n) is 3.28. The Morgan fingerprint density at radius 2 is 1.50 bits per heavy atom. The minimum absolute atomic E-state index is 0.830. The Morgan fingerprint density at radius 1 is 0.929 bits per heavy atom. The molecular formula is C12H24N2. The number of piperidine rings is 2. The summed E-state index contributed by atoms with van der Waals surface area (Å²) in [5.74, 6) is 1.66. The first-order valence-electron chi connectivity index (χ1n) is 6.24. The fraction of sp³-hybridized carbons (Fsp3) is 1.00. The molecule has 0 aromatic carbocycles. The maximum absolute atomic E-state index is 3.53. The Bertz CT molecular complexity index is 165. The lowest BCUT2D eigenvalue weighted by Crippen LogP contribution is -2.54. The van der Waals surface area contributed by atoms with Gasteiger partial charge < -0.3 is 5.32 Å². The molecule has 14 heavy (non-hydrogen) atoms. The summed E-state index contributed by atoms with van der Waals surface area (Å²) in [6, 6.07) is 0.844. The average molecular weight is 196 g/mol. The highest BCUT2D eigenvalue weighted by atomic mass is 15.2. The van der Waals surface area contributed by atoms with Crippen LogP contribution in [-0.4, -0.2) is 37.1 Å². The monoisotopic (exact) mass is 196 g/mol. The molecule has 0 aromatic rings. The smallest absolute Gasteiger partial charge is 0.0171 e. The molecule has 2 fully saturated rings. The summed E-state index contributed by atoms with van der Waals surface area (Å²) in [7, 11) is 0. The van der Waals surface area contributed by atoms with Crippen LogP contribution in [0.3, 0.4) is 0 Å². The van der Waals surface area contributed by atoms with Gasteiger partial charge >= 0.3 is 0 Å². The molecule has 0 bridgehead atoms. The Balaban J connectivity index is 1.97. The summed E-state index contributed by atoms with van der Waals surface area (Å²) in [4.78, 5) is 2.75. The third kappa shape index (κ3) is 2.12. The van der Waals surface area contributed by atoms with Gasteiger partial charge in [0, 0.05) is 6.04 Å². The number of nitrogens with zero attached hydrogens (tertiary/aromatic N) is 1. The molecule has 0 spiro atoms. The van der Waals surface area contributed by atoms with Crippen molar-refractivity contribution >= 4 is 0 Å². The number of hydrogen-bond donors (Lipinski definition) is 1. The van der Waals surface area contributed by atoms with Crippen LogP contribution in [0.1, 0.15) is 33.1 Å². The zero-order chi connectivity index (χ0) is 9.97. The van der Waals surface area contributed by atoms with Crippen molar-refractivity contribution in [1.82, 2.24) is 10.2 Å². The predicted molar refractivity (Wildman–Crippen MR) is 60.4 cm³/mol. The van der Waals surface area contributed by atoms with Gasteiger partial charge in [-0.05, 0) is 50.9 Å². The molecule has 0 amide bonds. The van der Waals surface area contributed by atoms with Crippen LogP contribution in [0, 0.1) is 11.8 Å². The van der Waals surface area contributed by atoms with E-state index in [2.05, 4.69) is 24.1 Å². The summed E-state index contributed by atoms with van der Waals surface area (Å²) in [5.41, 5.74) is 0. The van der Waals surface area contributed by atoms with Gasteiger partial charge in [0.05, 0.1) is 0 Å². The Kier molecular flexibility index (Phi) is 3.45. The minimum atomic E-state index is 0.830. The predicted octanol–water partition coefficient (Wildman–Crippen LogP) is 1.72. The molecule has 2 aliphatic rings. The molecule has 2 heterocycles. The minimum Gasteiger partial charge on any atom is -0.316 e. The van der Waals surface area contributed by atoms with Gasteiger partial charge in [-0.1, -0.05) is 20.3 Å². The molecule has 2 heteroatoms. The van der Waals surface area contributed by atoms with E-state index in [9.17, 15) is 0 Å². The maximum Gasteiger partial charge on any atom is 0.0171 e. The van der Waals surface area contributed by atoms with Crippen LogP contribution >= 0.6 is 0 Å². The number of likely N-dealkylation sites (tertiary alicyclic amines) is 1. The molecule has 2 unspecified atom stereocenters. The van der Waals surface area contributed by atoms with Crippen molar-refractivity contribution in [2.75, 3.05) is 26.2 Å². The standard InChI is InChI=1S/C12H24N2/c1-10-8-13-9-11(2)12(10)14-6-4-3-5-7-14/h10-13H,3-9H2,1-2H3. The maximum atomic E-state index is 3.53. The lowest BCUT2D eigenvalue weighted by atomic mass is 9.85. The van der Waals surface area contributed by atoms with E-state index in [-0.39, 0.29) is 0 Å². The van der Waals surface area contributed by atoms with E-state index in [0.29, 0.717) is 0 Å². The molecule has 82 valence electrons. The van der Waals surface area contributed by atoms with Gasteiger partial charge in [-0.3, -0.25) is 4.90 Å². The highest BCUT2D eigenvalue weighted by Gasteiger charge is 2.32. The van der Waals surface area contributed by atoms with Gasteiger partial charge in [0.15, 0.2) is 0 Å². The molecule has 0 aromatic heterocycles. The van der Waals surface area contributed by atoms with E-state index < -0.39 is 0 Å². The van der Waals surface area contributed by atoms with Gasteiger partial charge in [0.25, 0.3) is 0 Å². The molecule has 0 radical (unpaired) electrons. The van der Waals surface area contributed by atoms with Crippen molar-refractivity contribution in [3.8, 4) is 0 Å². The molecule has 2 atom stereocenters. The largest absolute Gasteiger partial charge is 0.316 e. The van der Waals surface area contributed by atoms with Gasteiger partial charge in [-0.25, -0.2) is 0 Å². The lowest BCUT2D eigenvalue weighted by molar-refractivity contribution is 0.0629. The average Bonchev–Trinajstić information content (AvgIpc) is 2.19. The first-order chi connectivity index (χ1) is 6.79. The van der Waals surface area contributed by atoms with E-state index in [4.69, 9.17) is 0 Å². The SMILES string of the molecule is CC1CNCC(C)C1N1CCCCC1. The summed E-state index contributed by atoms with van der Waals surface area (Å²) >= 11 is 0. The van der Waals surface area contributed by atoms with E-state index in [1.54, 1.807) is 0 Å². The van der Waals surface area contributed by atoms with Crippen molar-refractivity contribution in [3.63, 3.8) is 0 Å². The lowest BCUT2D eigenvalue weighted by Gasteiger charge is -2.44. The summed E-state index contributed by atoms with van der Waals surface area (Å²) in [5, 5.41) is 3.53. The van der Waals surface area contributed by atoms with Crippen molar-refractivity contribution in [2.45, 2.75) is 39.2 Å². The van der Waals surface area contributed by atoms with Crippen LogP contribution in [0.2, 0.25) is 0 Å². The van der Waals surface area contributed by atoms with Crippen LogP contribution in [-0.2, 0) is 0 Å². The number of rotatable bonds is 1. The number of hydrogen-bond acceptors (Lipinski definition) is 2. The van der Waals surface area contributed by atoms with Gasteiger partial charge in [-0.15, -0.1) is 0 Å². The quantitative estimate of drug-likeness (QED) is 0.687. The van der Waals surface area contributed by atoms with Gasteiger partial charge in [0.2, 0.25) is 0 Å².